The molecule has 0 aliphatic heterocycles. The van der Waals surface area contributed by atoms with Crippen molar-refractivity contribution < 1.29 is 0 Å². The van der Waals surface area contributed by atoms with Crippen LogP contribution in [0.2, 0.25) is 0 Å². The van der Waals surface area contributed by atoms with Gasteiger partial charge in [-0.3, -0.25) is 0 Å². The van der Waals surface area contributed by atoms with Gasteiger partial charge in [-0.2, -0.15) is 0 Å². The Morgan fingerprint density at radius 2 is 1.38 bits per heavy atom. The van der Waals surface area contributed by atoms with Crippen LogP contribution >= 0.6 is 0 Å². The van der Waals surface area contributed by atoms with Crippen molar-refractivity contribution in [1.29, 1.82) is 0 Å². The molecule has 0 radical (unpaired) electrons. The lowest BCUT2D eigenvalue weighted by atomic mass is 10.0. The van der Waals surface area contributed by atoms with Gasteiger partial charge in [0, 0.05) is 16.9 Å². The Kier molecular flexibility index (Phi) is 3.83. The molecule has 3 aromatic carbocycles. The zero-order chi connectivity index (χ0) is 14.5. The highest BCUT2D eigenvalue weighted by molar-refractivity contribution is 5.81. The SMILES string of the molecule is C=Cc1ccc(Nc2ccccc2-c2ccccc2)cc1. The van der Waals surface area contributed by atoms with Crippen molar-refractivity contribution >= 4 is 17.5 Å². The largest absolute Gasteiger partial charge is 0.355 e. The van der Waals surface area contributed by atoms with Gasteiger partial charge >= 0.3 is 0 Å². The standard InChI is InChI=1S/C20H17N/c1-2-16-12-14-18(15-13-16)21-20-11-7-6-10-19(20)17-8-4-3-5-9-17/h2-15,21H,1H2. The summed E-state index contributed by atoms with van der Waals surface area (Å²) in [5.74, 6) is 0. The molecule has 0 amide bonds. The van der Waals surface area contributed by atoms with E-state index in [1.807, 2.05) is 18.2 Å². The topological polar surface area (TPSA) is 12.0 Å². The zero-order valence-electron chi connectivity index (χ0n) is 11.8. The minimum atomic E-state index is 1.07. The summed E-state index contributed by atoms with van der Waals surface area (Å²) < 4.78 is 0. The van der Waals surface area contributed by atoms with E-state index in [9.17, 15) is 0 Å². The Hall–Kier alpha value is -2.80. The van der Waals surface area contributed by atoms with E-state index in [1.54, 1.807) is 0 Å². The molecule has 0 aliphatic rings. The van der Waals surface area contributed by atoms with Crippen LogP contribution < -0.4 is 5.32 Å². The van der Waals surface area contributed by atoms with Crippen molar-refractivity contribution in [2.45, 2.75) is 0 Å². The highest BCUT2D eigenvalue weighted by Crippen LogP contribution is 2.30. The predicted molar refractivity (Wildman–Crippen MR) is 91.7 cm³/mol. The summed E-state index contributed by atoms with van der Waals surface area (Å²) in [6.45, 7) is 3.78. The van der Waals surface area contributed by atoms with Gasteiger partial charge in [0.1, 0.15) is 0 Å². The quantitative estimate of drug-likeness (QED) is 0.638. The normalized spacial score (nSPS) is 10.1. The van der Waals surface area contributed by atoms with Crippen LogP contribution in [0.3, 0.4) is 0 Å². The van der Waals surface area contributed by atoms with Crippen LogP contribution in [0.15, 0.2) is 85.4 Å². The number of hydrogen-bond acceptors (Lipinski definition) is 1. The van der Waals surface area contributed by atoms with Crippen molar-refractivity contribution in [1.82, 2.24) is 0 Å². The van der Waals surface area contributed by atoms with Crippen LogP contribution in [0.4, 0.5) is 11.4 Å². The van der Waals surface area contributed by atoms with E-state index in [-0.39, 0.29) is 0 Å². The second-order valence-electron chi connectivity index (χ2n) is 4.86. The molecule has 0 saturated carbocycles. The first kappa shape index (κ1) is 13.2. The van der Waals surface area contributed by atoms with E-state index in [0.29, 0.717) is 0 Å². The van der Waals surface area contributed by atoms with Gasteiger partial charge < -0.3 is 5.32 Å². The van der Waals surface area contributed by atoms with Crippen LogP contribution in [0.5, 0.6) is 0 Å². The Morgan fingerprint density at radius 3 is 2.10 bits per heavy atom. The third kappa shape index (κ3) is 3.03. The van der Waals surface area contributed by atoms with Gasteiger partial charge in [-0.1, -0.05) is 73.3 Å². The van der Waals surface area contributed by atoms with E-state index in [4.69, 9.17) is 0 Å². The average molecular weight is 271 g/mol. The molecule has 21 heavy (non-hydrogen) atoms. The van der Waals surface area contributed by atoms with Crippen LogP contribution in [0.25, 0.3) is 17.2 Å². The van der Waals surface area contributed by atoms with E-state index >= 15 is 0 Å². The summed E-state index contributed by atoms with van der Waals surface area (Å²) in [6.07, 6.45) is 1.85. The number of anilines is 2. The number of para-hydroxylation sites is 1. The summed E-state index contributed by atoms with van der Waals surface area (Å²) in [5, 5.41) is 3.49. The number of nitrogens with one attached hydrogen (secondary N) is 1. The number of benzene rings is 3. The monoisotopic (exact) mass is 271 g/mol. The van der Waals surface area contributed by atoms with Crippen molar-refractivity contribution in [3.05, 3.63) is 91.0 Å². The molecule has 0 saturated heterocycles. The lowest BCUT2D eigenvalue weighted by Gasteiger charge is -2.12. The molecule has 0 aliphatic carbocycles. The highest BCUT2D eigenvalue weighted by atomic mass is 14.9. The van der Waals surface area contributed by atoms with Crippen LogP contribution in [0, 0.1) is 0 Å². The van der Waals surface area contributed by atoms with Gasteiger partial charge in [0.25, 0.3) is 0 Å². The van der Waals surface area contributed by atoms with E-state index in [1.165, 1.54) is 11.1 Å². The first-order valence-corrected chi connectivity index (χ1v) is 7.01. The average Bonchev–Trinajstić information content (AvgIpc) is 2.57. The first-order chi connectivity index (χ1) is 10.4. The molecule has 1 heteroatoms. The third-order valence-corrected chi connectivity index (χ3v) is 3.44. The summed E-state index contributed by atoms with van der Waals surface area (Å²) in [7, 11) is 0. The molecule has 1 N–H and O–H groups in total. The molecule has 0 fully saturated rings. The zero-order valence-corrected chi connectivity index (χ0v) is 11.8. The van der Waals surface area contributed by atoms with Crippen LogP contribution in [-0.4, -0.2) is 0 Å². The van der Waals surface area contributed by atoms with Crippen molar-refractivity contribution in [2.24, 2.45) is 0 Å². The van der Waals surface area contributed by atoms with Crippen molar-refractivity contribution in [3.8, 4) is 11.1 Å². The Labute approximate surface area is 125 Å². The van der Waals surface area contributed by atoms with E-state index in [0.717, 1.165) is 16.9 Å². The lowest BCUT2D eigenvalue weighted by molar-refractivity contribution is 1.53. The molecular formula is C20H17N. The molecule has 0 heterocycles. The Morgan fingerprint density at radius 1 is 0.714 bits per heavy atom. The highest BCUT2D eigenvalue weighted by Gasteiger charge is 2.04. The third-order valence-electron chi connectivity index (χ3n) is 3.44. The summed E-state index contributed by atoms with van der Waals surface area (Å²) >= 11 is 0. The van der Waals surface area contributed by atoms with E-state index < -0.39 is 0 Å². The fourth-order valence-electron chi connectivity index (χ4n) is 2.32. The maximum atomic E-state index is 3.78. The summed E-state index contributed by atoms with van der Waals surface area (Å²) in [4.78, 5) is 0. The Balaban J connectivity index is 1.93. The van der Waals surface area contributed by atoms with Crippen LogP contribution in [0.1, 0.15) is 5.56 Å². The lowest BCUT2D eigenvalue weighted by Crippen LogP contribution is -1.93. The van der Waals surface area contributed by atoms with Gasteiger partial charge in [-0.05, 0) is 29.3 Å². The molecule has 1 nitrogen and oxygen atoms in total. The van der Waals surface area contributed by atoms with Gasteiger partial charge in [-0.25, -0.2) is 0 Å². The number of hydrogen-bond donors (Lipinski definition) is 1. The van der Waals surface area contributed by atoms with Gasteiger partial charge in [0.15, 0.2) is 0 Å². The van der Waals surface area contributed by atoms with E-state index in [2.05, 4.69) is 78.6 Å². The molecule has 3 aromatic rings. The molecule has 102 valence electrons. The fourth-order valence-corrected chi connectivity index (χ4v) is 2.32. The van der Waals surface area contributed by atoms with Crippen molar-refractivity contribution in [3.63, 3.8) is 0 Å². The summed E-state index contributed by atoms with van der Waals surface area (Å²) in [6, 6.07) is 27.0. The van der Waals surface area contributed by atoms with Gasteiger partial charge in [-0.15, -0.1) is 0 Å². The minimum absolute atomic E-state index is 1.07. The van der Waals surface area contributed by atoms with Crippen LogP contribution in [-0.2, 0) is 0 Å². The second kappa shape index (κ2) is 6.10. The Bertz CT molecular complexity index is 727. The van der Waals surface area contributed by atoms with Gasteiger partial charge in [0.2, 0.25) is 0 Å². The molecule has 0 unspecified atom stereocenters. The maximum absolute atomic E-state index is 3.78. The molecule has 0 atom stereocenters. The first-order valence-electron chi connectivity index (χ1n) is 7.01. The molecular weight excluding hydrogens is 254 g/mol. The minimum Gasteiger partial charge on any atom is -0.355 e. The molecule has 0 spiro atoms. The predicted octanol–water partition coefficient (Wildman–Crippen LogP) is 5.74. The molecule has 3 rings (SSSR count). The molecule has 0 aromatic heterocycles. The summed E-state index contributed by atoms with van der Waals surface area (Å²) in [5.41, 5.74) is 5.71. The number of rotatable bonds is 4. The second-order valence-corrected chi connectivity index (χ2v) is 4.86. The smallest absolute Gasteiger partial charge is 0.0463 e. The van der Waals surface area contributed by atoms with Gasteiger partial charge in [0.05, 0.1) is 0 Å². The maximum Gasteiger partial charge on any atom is 0.0463 e. The molecule has 0 bridgehead atoms. The van der Waals surface area contributed by atoms with Crippen molar-refractivity contribution in [2.75, 3.05) is 5.32 Å². The fraction of sp³-hybridized carbons (Fsp3) is 0.